The monoisotopic (exact) mass is 314 g/mol. The minimum Gasteiger partial charge on any atom is -0.381 e. The maximum absolute atomic E-state index is 5.54. The largest absolute Gasteiger partial charge is 0.381 e. The van der Waals surface area contributed by atoms with Gasteiger partial charge in [-0.3, -0.25) is 0 Å². The summed E-state index contributed by atoms with van der Waals surface area (Å²) in [7, 11) is 2.23. The van der Waals surface area contributed by atoms with E-state index in [-0.39, 0.29) is 0 Å². The van der Waals surface area contributed by atoms with Gasteiger partial charge in [-0.2, -0.15) is 0 Å². The first-order chi connectivity index (χ1) is 11.3. The smallest absolute Gasteiger partial charge is 0.160 e. The van der Waals surface area contributed by atoms with Gasteiger partial charge in [-0.05, 0) is 57.3 Å². The Labute approximate surface area is 137 Å². The second-order valence-corrected chi connectivity index (χ2v) is 7.08. The topological polar surface area (TPSA) is 43.2 Å². The van der Waals surface area contributed by atoms with Crippen LogP contribution in [0.15, 0.2) is 18.3 Å². The van der Waals surface area contributed by atoms with E-state index in [0.29, 0.717) is 11.8 Å². The van der Waals surface area contributed by atoms with E-state index in [9.17, 15) is 0 Å². The van der Waals surface area contributed by atoms with Gasteiger partial charge in [0, 0.05) is 38.4 Å². The Morgan fingerprint density at radius 1 is 1.26 bits per heavy atom. The van der Waals surface area contributed by atoms with Gasteiger partial charge in [0.1, 0.15) is 11.3 Å². The molecule has 0 amide bonds. The third-order valence-corrected chi connectivity index (χ3v) is 5.28. The van der Waals surface area contributed by atoms with Crippen LogP contribution in [0.4, 0.5) is 0 Å². The average Bonchev–Trinajstić information content (AvgIpc) is 2.95. The van der Waals surface area contributed by atoms with Crippen molar-refractivity contribution >= 4 is 11.2 Å². The number of pyridine rings is 1. The summed E-state index contributed by atoms with van der Waals surface area (Å²) in [5, 5.41) is 0. The number of hydrogen-bond donors (Lipinski definition) is 0. The van der Waals surface area contributed by atoms with Gasteiger partial charge in [-0.1, -0.05) is 0 Å². The van der Waals surface area contributed by atoms with E-state index in [1.54, 1.807) is 0 Å². The Kier molecular flexibility index (Phi) is 4.31. The van der Waals surface area contributed by atoms with Gasteiger partial charge < -0.3 is 14.2 Å². The van der Waals surface area contributed by atoms with Crippen LogP contribution in [-0.4, -0.2) is 52.8 Å². The molecule has 4 heterocycles. The molecule has 0 radical (unpaired) electrons. The molecule has 2 saturated heterocycles. The van der Waals surface area contributed by atoms with Crippen molar-refractivity contribution in [2.75, 3.05) is 33.4 Å². The average molecular weight is 314 g/mol. The van der Waals surface area contributed by atoms with Crippen molar-refractivity contribution in [1.82, 2.24) is 19.4 Å². The van der Waals surface area contributed by atoms with Crippen molar-refractivity contribution in [1.29, 1.82) is 0 Å². The van der Waals surface area contributed by atoms with E-state index in [1.165, 1.54) is 31.8 Å². The lowest BCUT2D eigenvalue weighted by Gasteiger charge is -2.31. The zero-order valence-corrected chi connectivity index (χ0v) is 13.9. The minimum atomic E-state index is 0.513. The molecule has 0 aromatic carbocycles. The highest BCUT2D eigenvalue weighted by Gasteiger charge is 2.26. The number of fused-ring (bicyclic) bond motifs is 1. The highest BCUT2D eigenvalue weighted by atomic mass is 16.5. The summed E-state index contributed by atoms with van der Waals surface area (Å²) >= 11 is 0. The van der Waals surface area contributed by atoms with E-state index in [4.69, 9.17) is 9.72 Å². The maximum Gasteiger partial charge on any atom is 0.160 e. The second-order valence-electron chi connectivity index (χ2n) is 7.08. The molecule has 1 atom stereocenters. The predicted molar refractivity (Wildman–Crippen MR) is 90.5 cm³/mol. The van der Waals surface area contributed by atoms with Crippen LogP contribution in [0, 0.1) is 5.92 Å². The molecule has 5 heteroatoms. The van der Waals surface area contributed by atoms with Gasteiger partial charge in [0.2, 0.25) is 0 Å². The summed E-state index contributed by atoms with van der Waals surface area (Å²) in [5.41, 5.74) is 2.10. The molecule has 124 valence electrons. The molecule has 0 bridgehead atoms. The zero-order valence-electron chi connectivity index (χ0n) is 13.9. The maximum atomic E-state index is 5.54. The van der Waals surface area contributed by atoms with Crippen LogP contribution >= 0.6 is 0 Å². The molecule has 0 N–H and O–H groups in total. The van der Waals surface area contributed by atoms with Crippen molar-refractivity contribution in [3.8, 4) is 0 Å². The first-order valence-electron chi connectivity index (χ1n) is 8.88. The van der Waals surface area contributed by atoms with Crippen LogP contribution in [-0.2, 0) is 11.3 Å². The lowest BCUT2D eigenvalue weighted by molar-refractivity contribution is 0.0824. The van der Waals surface area contributed by atoms with E-state index < -0.39 is 0 Å². The first kappa shape index (κ1) is 15.1. The third kappa shape index (κ3) is 3.12. The summed E-state index contributed by atoms with van der Waals surface area (Å²) in [6.45, 7) is 5.16. The van der Waals surface area contributed by atoms with Crippen LogP contribution in [0.3, 0.4) is 0 Å². The Hall–Kier alpha value is -1.46. The third-order valence-electron chi connectivity index (χ3n) is 5.28. The van der Waals surface area contributed by atoms with Crippen molar-refractivity contribution in [3.05, 3.63) is 24.2 Å². The summed E-state index contributed by atoms with van der Waals surface area (Å²) in [6.07, 6.45) is 6.65. The van der Waals surface area contributed by atoms with Gasteiger partial charge in [0.25, 0.3) is 0 Å². The number of imidazole rings is 1. The van der Waals surface area contributed by atoms with Crippen molar-refractivity contribution in [2.24, 2.45) is 5.92 Å². The van der Waals surface area contributed by atoms with Crippen LogP contribution in [0.25, 0.3) is 11.2 Å². The number of hydrogen-bond acceptors (Lipinski definition) is 4. The number of ether oxygens (including phenoxy) is 1. The Balaban J connectivity index is 1.67. The second kappa shape index (κ2) is 6.57. The molecule has 23 heavy (non-hydrogen) atoms. The molecule has 0 aliphatic carbocycles. The van der Waals surface area contributed by atoms with Crippen LogP contribution < -0.4 is 0 Å². The van der Waals surface area contributed by atoms with Crippen molar-refractivity contribution < 1.29 is 4.74 Å². The zero-order chi connectivity index (χ0) is 15.6. The van der Waals surface area contributed by atoms with Gasteiger partial charge in [0.05, 0.1) is 0 Å². The number of nitrogens with zero attached hydrogens (tertiary/aromatic N) is 4. The van der Waals surface area contributed by atoms with E-state index in [2.05, 4.69) is 27.6 Å². The summed E-state index contributed by atoms with van der Waals surface area (Å²) in [6, 6.07) is 4.08. The van der Waals surface area contributed by atoms with Gasteiger partial charge in [0.15, 0.2) is 5.65 Å². The van der Waals surface area contributed by atoms with E-state index in [0.717, 1.165) is 43.8 Å². The molecular formula is C18H26N4O. The summed E-state index contributed by atoms with van der Waals surface area (Å²) < 4.78 is 7.95. The van der Waals surface area contributed by atoms with E-state index >= 15 is 0 Å². The molecule has 2 aromatic rings. The molecule has 2 aromatic heterocycles. The lowest BCUT2D eigenvalue weighted by Crippen LogP contribution is -2.34. The highest BCUT2D eigenvalue weighted by molar-refractivity contribution is 5.71. The van der Waals surface area contributed by atoms with Crippen LogP contribution in [0.5, 0.6) is 0 Å². The quantitative estimate of drug-likeness (QED) is 0.873. The van der Waals surface area contributed by atoms with Crippen LogP contribution in [0.1, 0.15) is 37.4 Å². The molecule has 0 saturated carbocycles. The van der Waals surface area contributed by atoms with Gasteiger partial charge in [-0.25, -0.2) is 9.97 Å². The number of likely N-dealkylation sites (tertiary alicyclic amines) is 1. The minimum absolute atomic E-state index is 0.513. The van der Waals surface area contributed by atoms with E-state index in [1.807, 2.05) is 12.3 Å². The number of aromatic nitrogens is 3. The first-order valence-corrected chi connectivity index (χ1v) is 8.88. The van der Waals surface area contributed by atoms with Crippen molar-refractivity contribution in [2.45, 2.75) is 38.1 Å². The van der Waals surface area contributed by atoms with Gasteiger partial charge >= 0.3 is 0 Å². The lowest BCUT2D eigenvalue weighted by atomic mass is 9.96. The predicted octanol–water partition coefficient (Wildman–Crippen LogP) is 2.67. The fourth-order valence-electron chi connectivity index (χ4n) is 4.10. The SMILES string of the molecule is CN1CCCC(Cn2c(C3CCOCC3)nc3cccnc32)C1. The normalized spacial score (nSPS) is 24.3. The molecule has 0 spiro atoms. The summed E-state index contributed by atoms with van der Waals surface area (Å²) in [5.74, 6) is 2.45. The van der Waals surface area contributed by atoms with Crippen molar-refractivity contribution in [3.63, 3.8) is 0 Å². The molecule has 4 rings (SSSR count). The fraction of sp³-hybridized carbons (Fsp3) is 0.667. The molecular weight excluding hydrogens is 288 g/mol. The Morgan fingerprint density at radius 2 is 2.13 bits per heavy atom. The Morgan fingerprint density at radius 3 is 2.96 bits per heavy atom. The summed E-state index contributed by atoms with van der Waals surface area (Å²) in [4.78, 5) is 12.0. The fourth-order valence-corrected chi connectivity index (χ4v) is 4.10. The van der Waals surface area contributed by atoms with Gasteiger partial charge in [-0.15, -0.1) is 0 Å². The number of rotatable bonds is 3. The Bertz CT molecular complexity index is 662. The molecule has 2 aliphatic rings. The number of piperidine rings is 1. The van der Waals surface area contributed by atoms with Crippen LogP contribution in [0.2, 0.25) is 0 Å². The molecule has 5 nitrogen and oxygen atoms in total. The highest BCUT2D eigenvalue weighted by Crippen LogP contribution is 2.30. The molecule has 1 unspecified atom stereocenters. The molecule has 2 fully saturated rings. The molecule has 2 aliphatic heterocycles. The standard InChI is InChI=1S/C18H26N4O/c1-21-9-3-4-14(12-21)13-22-17(15-6-10-23-11-7-15)20-16-5-2-8-19-18(16)22/h2,5,8,14-15H,3-4,6-7,9-13H2,1H3.